The minimum absolute atomic E-state index is 0.130. The number of imidazole rings is 1. The van der Waals surface area contributed by atoms with E-state index in [-0.39, 0.29) is 23.3 Å². The summed E-state index contributed by atoms with van der Waals surface area (Å²) < 4.78 is 15.2. The third-order valence-electron chi connectivity index (χ3n) is 5.58. The molecule has 0 saturated heterocycles. The van der Waals surface area contributed by atoms with Crippen LogP contribution in [0.15, 0.2) is 59.7 Å². The first-order valence-corrected chi connectivity index (χ1v) is 10.4. The third-order valence-corrected chi connectivity index (χ3v) is 5.58. The number of rotatable bonds is 6. The number of fused-ring (bicyclic) bond motifs is 1. The van der Waals surface area contributed by atoms with Crippen molar-refractivity contribution in [3.63, 3.8) is 0 Å². The first kappa shape index (κ1) is 21.3. The normalized spacial score (nSPS) is 12.0. The van der Waals surface area contributed by atoms with E-state index in [1.165, 1.54) is 18.5 Å². The fourth-order valence-electron chi connectivity index (χ4n) is 3.97. The summed E-state index contributed by atoms with van der Waals surface area (Å²) in [7, 11) is 1.75. The highest BCUT2D eigenvalue weighted by atomic mass is 19.1. The Bertz CT molecular complexity index is 1340. The highest BCUT2D eigenvalue weighted by Crippen LogP contribution is 2.25. The average Bonchev–Trinajstić information content (AvgIpc) is 3.27. The van der Waals surface area contributed by atoms with E-state index in [0.717, 1.165) is 10.9 Å². The van der Waals surface area contributed by atoms with Gasteiger partial charge in [0.15, 0.2) is 0 Å². The number of pyridine rings is 1. The van der Waals surface area contributed by atoms with Crippen LogP contribution in [0.4, 0.5) is 10.2 Å². The number of nitrogens with one attached hydrogen (secondary N) is 4. The maximum absolute atomic E-state index is 13.7. The molecule has 2 heterocycles. The van der Waals surface area contributed by atoms with Gasteiger partial charge in [0.25, 0.3) is 5.56 Å². The van der Waals surface area contributed by atoms with Crippen LogP contribution in [0.2, 0.25) is 0 Å². The molecule has 0 bridgehead atoms. The summed E-state index contributed by atoms with van der Waals surface area (Å²) in [5, 5.41) is 16.2. The summed E-state index contributed by atoms with van der Waals surface area (Å²) in [6.07, 6.45) is 2.13. The quantitative estimate of drug-likeness (QED) is 0.270. The second kappa shape index (κ2) is 8.66. The van der Waals surface area contributed by atoms with E-state index >= 15 is 0 Å². The molecule has 4 aromatic rings. The predicted molar refractivity (Wildman–Crippen MR) is 125 cm³/mol. The second-order valence-electron chi connectivity index (χ2n) is 7.58. The van der Waals surface area contributed by atoms with Crippen LogP contribution in [0.25, 0.3) is 16.5 Å². The summed E-state index contributed by atoms with van der Waals surface area (Å²) in [6.45, 7) is 3.88. The van der Waals surface area contributed by atoms with Crippen LogP contribution >= 0.6 is 0 Å². The lowest BCUT2D eigenvalue weighted by atomic mass is 10.0. The highest BCUT2D eigenvalue weighted by molar-refractivity contribution is 5.99. The van der Waals surface area contributed by atoms with Crippen molar-refractivity contribution in [2.45, 2.75) is 26.3 Å². The molecule has 0 fully saturated rings. The number of benzene rings is 2. The van der Waals surface area contributed by atoms with Gasteiger partial charge in [0.2, 0.25) is 0 Å². The molecule has 0 saturated carbocycles. The Labute approximate surface area is 184 Å². The zero-order valence-electron chi connectivity index (χ0n) is 18.2. The van der Waals surface area contributed by atoms with Gasteiger partial charge in [-0.2, -0.15) is 0 Å². The van der Waals surface area contributed by atoms with Gasteiger partial charge in [-0.05, 0) is 54.6 Å². The summed E-state index contributed by atoms with van der Waals surface area (Å²) in [5.74, 6) is 0.387. The zero-order valence-corrected chi connectivity index (χ0v) is 18.2. The van der Waals surface area contributed by atoms with Crippen LogP contribution in [0.5, 0.6) is 0 Å². The molecule has 4 rings (SSSR count). The Kier molecular flexibility index (Phi) is 5.77. The molecule has 8 heteroatoms. The minimum Gasteiger partial charge on any atom is -0.373 e. The SMILES string of the molecule is CCC(NC(=N)c1nc[nH]c1NC)c1cc2cccc(C)c2c(=O)n1-c1ccc(F)cc1. The van der Waals surface area contributed by atoms with E-state index in [4.69, 9.17) is 5.41 Å². The van der Waals surface area contributed by atoms with E-state index in [1.807, 2.05) is 38.1 Å². The summed E-state index contributed by atoms with van der Waals surface area (Å²) in [5.41, 5.74) is 2.41. The predicted octanol–water partition coefficient (Wildman–Crippen LogP) is 4.27. The molecule has 1 atom stereocenters. The lowest BCUT2D eigenvalue weighted by molar-refractivity contribution is 0.586. The number of halogens is 1. The summed E-state index contributed by atoms with van der Waals surface area (Å²) in [4.78, 5) is 20.8. The van der Waals surface area contributed by atoms with Gasteiger partial charge < -0.3 is 15.6 Å². The number of amidine groups is 1. The van der Waals surface area contributed by atoms with Gasteiger partial charge in [-0.1, -0.05) is 25.1 Å². The van der Waals surface area contributed by atoms with E-state index < -0.39 is 0 Å². The van der Waals surface area contributed by atoms with Crippen molar-refractivity contribution in [1.82, 2.24) is 19.9 Å². The van der Waals surface area contributed by atoms with Crippen LogP contribution in [-0.2, 0) is 0 Å². The Morgan fingerprint density at radius 2 is 2.00 bits per heavy atom. The van der Waals surface area contributed by atoms with E-state index in [9.17, 15) is 9.18 Å². The van der Waals surface area contributed by atoms with E-state index in [1.54, 1.807) is 23.7 Å². The topological polar surface area (TPSA) is 98.6 Å². The van der Waals surface area contributed by atoms with Crippen molar-refractivity contribution < 1.29 is 4.39 Å². The van der Waals surface area contributed by atoms with Crippen LogP contribution in [0, 0.1) is 18.2 Å². The Morgan fingerprint density at radius 1 is 1.25 bits per heavy atom. The number of hydrogen-bond acceptors (Lipinski definition) is 4. The molecular weight excluding hydrogens is 407 g/mol. The molecule has 4 N–H and O–H groups in total. The standard InChI is InChI=1S/C24H25FN6O/c1-4-18(30-22(26)21-23(27-3)29-13-28-21)19-12-15-7-5-6-14(2)20(15)24(32)31(19)17-10-8-16(25)9-11-17/h5-13,18,27H,4H2,1-3H3,(H2,26,30)(H,28,29). The molecular formula is C24H25FN6O. The van der Waals surface area contributed by atoms with Crippen LogP contribution in [-0.4, -0.2) is 27.4 Å². The Morgan fingerprint density at radius 3 is 2.69 bits per heavy atom. The van der Waals surface area contributed by atoms with Gasteiger partial charge in [-0.25, -0.2) is 9.37 Å². The lowest BCUT2D eigenvalue weighted by Gasteiger charge is -2.24. The minimum atomic E-state index is -0.370. The maximum Gasteiger partial charge on any atom is 0.263 e. The monoisotopic (exact) mass is 432 g/mol. The van der Waals surface area contributed by atoms with Crippen molar-refractivity contribution in [3.05, 3.63) is 88.0 Å². The van der Waals surface area contributed by atoms with Crippen molar-refractivity contribution in [2.24, 2.45) is 0 Å². The van der Waals surface area contributed by atoms with Crippen LogP contribution in [0.1, 0.15) is 36.3 Å². The van der Waals surface area contributed by atoms with Gasteiger partial charge >= 0.3 is 0 Å². The molecule has 2 aromatic carbocycles. The Balaban J connectivity index is 1.89. The lowest BCUT2D eigenvalue weighted by Crippen LogP contribution is -2.33. The average molecular weight is 433 g/mol. The first-order chi connectivity index (χ1) is 15.4. The number of aromatic amines is 1. The number of anilines is 1. The van der Waals surface area contributed by atoms with E-state index in [0.29, 0.717) is 34.7 Å². The van der Waals surface area contributed by atoms with Gasteiger partial charge in [0, 0.05) is 18.4 Å². The zero-order chi connectivity index (χ0) is 22.8. The van der Waals surface area contributed by atoms with Crippen molar-refractivity contribution in [1.29, 1.82) is 5.41 Å². The first-order valence-electron chi connectivity index (χ1n) is 10.4. The Hall–Kier alpha value is -3.94. The highest BCUT2D eigenvalue weighted by Gasteiger charge is 2.22. The largest absolute Gasteiger partial charge is 0.373 e. The maximum atomic E-state index is 13.7. The molecule has 164 valence electrons. The summed E-state index contributed by atoms with van der Waals surface area (Å²) >= 11 is 0. The van der Waals surface area contributed by atoms with E-state index in [2.05, 4.69) is 20.6 Å². The molecule has 0 aliphatic carbocycles. The molecule has 0 radical (unpaired) electrons. The molecule has 0 amide bonds. The molecule has 0 aliphatic rings. The van der Waals surface area contributed by atoms with Gasteiger partial charge in [-0.3, -0.25) is 14.8 Å². The number of H-pyrrole nitrogens is 1. The van der Waals surface area contributed by atoms with Crippen molar-refractivity contribution >= 4 is 22.4 Å². The van der Waals surface area contributed by atoms with Crippen molar-refractivity contribution in [2.75, 3.05) is 12.4 Å². The van der Waals surface area contributed by atoms with Crippen LogP contribution < -0.4 is 16.2 Å². The fraction of sp³-hybridized carbons (Fsp3) is 0.208. The van der Waals surface area contributed by atoms with Gasteiger partial charge in [-0.15, -0.1) is 0 Å². The fourth-order valence-corrected chi connectivity index (χ4v) is 3.97. The number of hydrogen-bond donors (Lipinski definition) is 4. The van der Waals surface area contributed by atoms with Gasteiger partial charge in [0.1, 0.15) is 23.2 Å². The number of aromatic nitrogens is 3. The second-order valence-corrected chi connectivity index (χ2v) is 7.58. The van der Waals surface area contributed by atoms with Gasteiger partial charge in [0.05, 0.1) is 17.8 Å². The molecule has 0 spiro atoms. The molecule has 2 aromatic heterocycles. The summed E-state index contributed by atoms with van der Waals surface area (Å²) in [6, 6.07) is 13.2. The molecule has 7 nitrogen and oxygen atoms in total. The number of aryl methyl sites for hydroxylation is 1. The smallest absolute Gasteiger partial charge is 0.263 e. The molecule has 0 aliphatic heterocycles. The third kappa shape index (κ3) is 3.75. The number of nitrogens with zero attached hydrogens (tertiary/aromatic N) is 2. The van der Waals surface area contributed by atoms with Crippen molar-refractivity contribution in [3.8, 4) is 5.69 Å². The molecule has 1 unspecified atom stereocenters. The molecule has 32 heavy (non-hydrogen) atoms. The van der Waals surface area contributed by atoms with Crippen LogP contribution in [0.3, 0.4) is 0 Å².